The second kappa shape index (κ2) is 11.6. The molecule has 0 heterocycles. The van der Waals surface area contributed by atoms with Crippen LogP contribution in [0.5, 0.6) is 0 Å². The van der Waals surface area contributed by atoms with E-state index in [-0.39, 0.29) is 0 Å². The summed E-state index contributed by atoms with van der Waals surface area (Å²) >= 11 is 5.81. The third-order valence-corrected chi connectivity index (χ3v) is 2.95. The molecule has 16 heavy (non-hydrogen) atoms. The van der Waals surface area contributed by atoms with E-state index in [0.29, 0.717) is 25.1 Å². The van der Waals surface area contributed by atoms with Crippen LogP contribution >= 0.6 is 11.6 Å². The molecule has 0 saturated carbocycles. The number of hydrogen-bond acceptors (Lipinski definition) is 3. The second-order valence-electron chi connectivity index (χ2n) is 3.80. The average Bonchev–Trinajstić information content (AvgIpc) is 2.30. The number of methoxy groups -OCH3 is 1. The molecule has 3 nitrogen and oxygen atoms in total. The van der Waals surface area contributed by atoms with E-state index in [1.54, 1.807) is 7.11 Å². The van der Waals surface area contributed by atoms with Crippen LogP contribution in [0.25, 0.3) is 0 Å². The lowest BCUT2D eigenvalue weighted by Gasteiger charge is -2.29. The van der Waals surface area contributed by atoms with Gasteiger partial charge in [0.2, 0.25) is 0 Å². The Bertz CT molecular complexity index is 143. The largest absolute Gasteiger partial charge is 0.382 e. The highest BCUT2D eigenvalue weighted by molar-refractivity contribution is 6.18. The van der Waals surface area contributed by atoms with Gasteiger partial charge in [0, 0.05) is 32.1 Å². The van der Waals surface area contributed by atoms with Gasteiger partial charge < -0.3 is 9.47 Å². The minimum atomic E-state index is 0.629. The predicted molar refractivity (Wildman–Crippen MR) is 69.4 cm³/mol. The van der Waals surface area contributed by atoms with Crippen LogP contribution in [0.1, 0.15) is 26.7 Å². The van der Waals surface area contributed by atoms with Gasteiger partial charge in [-0.05, 0) is 12.8 Å². The Morgan fingerprint density at radius 3 is 2.25 bits per heavy atom. The van der Waals surface area contributed by atoms with E-state index in [0.717, 1.165) is 19.7 Å². The van der Waals surface area contributed by atoms with Gasteiger partial charge in [0.25, 0.3) is 0 Å². The van der Waals surface area contributed by atoms with E-state index in [1.807, 2.05) is 0 Å². The van der Waals surface area contributed by atoms with Crippen molar-refractivity contribution in [1.29, 1.82) is 0 Å². The summed E-state index contributed by atoms with van der Waals surface area (Å²) in [6.45, 7) is 8.46. The molecule has 0 aromatic rings. The van der Waals surface area contributed by atoms with Crippen molar-refractivity contribution in [3.63, 3.8) is 0 Å². The van der Waals surface area contributed by atoms with Crippen molar-refractivity contribution in [1.82, 2.24) is 4.90 Å². The molecule has 0 aliphatic rings. The third kappa shape index (κ3) is 7.44. The van der Waals surface area contributed by atoms with Gasteiger partial charge in [0.05, 0.1) is 19.8 Å². The minimum Gasteiger partial charge on any atom is -0.382 e. The number of halogens is 1. The Kier molecular flexibility index (Phi) is 11.8. The summed E-state index contributed by atoms with van der Waals surface area (Å²) in [5.74, 6) is 0.689. The molecule has 4 heteroatoms. The van der Waals surface area contributed by atoms with E-state index in [2.05, 4.69) is 18.7 Å². The lowest BCUT2D eigenvalue weighted by Crippen LogP contribution is -2.38. The molecule has 0 spiro atoms. The zero-order valence-corrected chi connectivity index (χ0v) is 11.6. The molecule has 0 bridgehead atoms. The first-order valence-electron chi connectivity index (χ1n) is 6.16. The van der Waals surface area contributed by atoms with Gasteiger partial charge in [-0.2, -0.15) is 0 Å². The summed E-state index contributed by atoms with van der Waals surface area (Å²) in [4.78, 5) is 2.42. The molecule has 0 aromatic carbocycles. The van der Waals surface area contributed by atoms with E-state index in [4.69, 9.17) is 21.1 Å². The summed E-state index contributed by atoms with van der Waals surface area (Å²) in [7, 11) is 1.69. The van der Waals surface area contributed by atoms with Crippen LogP contribution in [0.2, 0.25) is 0 Å². The van der Waals surface area contributed by atoms with Gasteiger partial charge in [-0.15, -0.1) is 11.6 Å². The molecule has 0 atom stereocenters. The van der Waals surface area contributed by atoms with Crippen LogP contribution in [-0.2, 0) is 9.47 Å². The summed E-state index contributed by atoms with van der Waals surface area (Å²) in [6.07, 6.45) is 2.34. The molecule has 0 unspecified atom stereocenters. The molecule has 0 aromatic heterocycles. The summed E-state index contributed by atoms with van der Waals surface area (Å²) < 4.78 is 10.4. The lowest BCUT2D eigenvalue weighted by molar-refractivity contribution is 0.0498. The van der Waals surface area contributed by atoms with Gasteiger partial charge in [0.1, 0.15) is 0 Å². The molecule has 0 amide bonds. The van der Waals surface area contributed by atoms with Crippen LogP contribution in [0.3, 0.4) is 0 Å². The summed E-state index contributed by atoms with van der Waals surface area (Å²) in [6, 6.07) is 0.629. The zero-order chi connectivity index (χ0) is 12.2. The monoisotopic (exact) mass is 251 g/mol. The third-order valence-electron chi connectivity index (χ3n) is 2.79. The fourth-order valence-electron chi connectivity index (χ4n) is 1.82. The van der Waals surface area contributed by atoms with E-state index in [9.17, 15) is 0 Å². The highest BCUT2D eigenvalue weighted by atomic mass is 35.5. The van der Waals surface area contributed by atoms with Gasteiger partial charge in [0.15, 0.2) is 0 Å². The number of ether oxygens (including phenoxy) is 2. The SMILES string of the molecule is CCC(CC)N(CCCl)CCOCCOC. The topological polar surface area (TPSA) is 21.7 Å². The molecule has 0 N–H and O–H groups in total. The highest BCUT2D eigenvalue weighted by Crippen LogP contribution is 2.08. The number of rotatable bonds is 11. The highest BCUT2D eigenvalue weighted by Gasteiger charge is 2.13. The first-order valence-corrected chi connectivity index (χ1v) is 6.70. The van der Waals surface area contributed by atoms with Crippen molar-refractivity contribution in [3.05, 3.63) is 0 Å². The van der Waals surface area contributed by atoms with Crippen molar-refractivity contribution >= 4 is 11.6 Å². The summed E-state index contributed by atoms with van der Waals surface area (Å²) in [5, 5.41) is 0. The Morgan fingerprint density at radius 1 is 1.06 bits per heavy atom. The predicted octanol–water partition coefficient (Wildman–Crippen LogP) is 2.38. The van der Waals surface area contributed by atoms with Crippen LogP contribution in [-0.4, -0.2) is 56.8 Å². The standard InChI is InChI=1S/C12H26ClNO2/c1-4-12(5-2)14(7-6-13)8-9-16-11-10-15-3/h12H,4-11H2,1-3H3. The fraction of sp³-hybridized carbons (Fsp3) is 1.00. The molecule has 0 rings (SSSR count). The number of nitrogens with zero attached hydrogens (tertiary/aromatic N) is 1. The van der Waals surface area contributed by atoms with Crippen molar-refractivity contribution in [2.75, 3.05) is 45.9 Å². The second-order valence-corrected chi connectivity index (χ2v) is 4.18. The average molecular weight is 252 g/mol. The van der Waals surface area contributed by atoms with Crippen LogP contribution in [0, 0.1) is 0 Å². The Morgan fingerprint density at radius 2 is 1.75 bits per heavy atom. The maximum atomic E-state index is 5.81. The number of hydrogen-bond donors (Lipinski definition) is 0. The first-order chi connectivity index (χ1) is 7.79. The summed E-state index contributed by atoms with van der Waals surface area (Å²) in [5.41, 5.74) is 0. The molecule has 0 aliphatic heterocycles. The van der Waals surface area contributed by atoms with Crippen molar-refractivity contribution < 1.29 is 9.47 Å². The van der Waals surface area contributed by atoms with Gasteiger partial charge in [-0.3, -0.25) is 4.90 Å². The Labute approximate surface area is 105 Å². The molecule has 98 valence electrons. The maximum Gasteiger partial charge on any atom is 0.0700 e. The molecule has 0 saturated heterocycles. The van der Waals surface area contributed by atoms with E-state index >= 15 is 0 Å². The van der Waals surface area contributed by atoms with Crippen LogP contribution in [0.15, 0.2) is 0 Å². The maximum absolute atomic E-state index is 5.81. The molecule has 0 radical (unpaired) electrons. The van der Waals surface area contributed by atoms with E-state index in [1.165, 1.54) is 12.8 Å². The zero-order valence-electron chi connectivity index (χ0n) is 10.9. The van der Waals surface area contributed by atoms with Gasteiger partial charge >= 0.3 is 0 Å². The van der Waals surface area contributed by atoms with Gasteiger partial charge in [-0.25, -0.2) is 0 Å². The van der Waals surface area contributed by atoms with E-state index < -0.39 is 0 Å². The molecular weight excluding hydrogens is 226 g/mol. The van der Waals surface area contributed by atoms with Crippen molar-refractivity contribution in [2.45, 2.75) is 32.7 Å². The normalized spacial score (nSPS) is 11.6. The minimum absolute atomic E-state index is 0.629. The van der Waals surface area contributed by atoms with Crippen molar-refractivity contribution in [3.8, 4) is 0 Å². The molecule has 0 fully saturated rings. The first kappa shape index (κ1) is 16.2. The Hall–Kier alpha value is 0.170. The quantitative estimate of drug-likeness (QED) is 0.416. The Balaban J connectivity index is 3.74. The molecule has 0 aliphatic carbocycles. The van der Waals surface area contributed by atoms with Crippen molar-refractivity contribution in [2.24, 2.45) is 0 Å². The fourth-order valence-corrected chi connectivity index (χ4v) is 2.03. The van der Waals surface area contributed by atoms with Crippen LogP contribution < -0.4 is 0 Å². The number of alkyl halides is 1. The smallest absolute Gasteiger partial charge is 0.0700 e. The van der Waals surface area contributed by atoms with Gasteiger partial charge in [-0.1, -0.05) is 13.8 Å². The molecular formula is C12H26ClNO2. The van der Waals surface area contributed by atoms with Crippen LogP contribution in [0.4, 0.5) is 0 Å². The lowest BCUT2D eigenvalue weighted by atomic mass is 10.1.